The molecule has 0 amide bonds. The molecule has 0 spiro atoms. The molecule has 1 saturated heterocycles. The van der Waals surface area contributed by atoms with Crippen LogP contribution in [0.15, 0.2) is 18.2 Å². The van der Waals surface area contributed by atoms with E-state index in [0.29, 0.717) is 6.54 Å². The zero-order valence-electron chi connectivity index (χ0n) is 13.7. The monoisotopic (exact) mass is 294 g/mol. The second-order valence-corrected chi connectivity index (χ2v) is 7.01. The van der Waals surface area contributed by atoms with Crippen LogP contribution in [0.25, 0.3) is 0 Å². The smallest absolute Gasteiger partial charge is 0.146 e. The summed E-state index contributed by atoms with van der Waals surface area (Å²) in [6.45, 7) is 12.5. The second kappa shape index (κ2) is 6.32. The van der Waals surface area contributed by atoms with Gasteiger partial charge in [-0.3, -0.25) is 0 Å². The summed E-state index contributed by atoms with van der Waals surface area (Å²) in [6.07, 6.45) is 0.244. The predicted octanol–water partition coefficient (Wildman–Crippen LogP) is 3.33. The van der Waals surface area contributed by atoms with Crippen LogP contribution in [0.5, 0.6) is 0 Å². The lowest BCUT2D eigenvalue weighted by molar-refractivity contribution is -0.00545. The summed E-state index contributed by atoms with van der Waals surface area (Å²) < 4.78 is 20.2. The number of hydrogen-bond acceptors (Lipinski definition) is 3. The van der Waals surface area contributed by atoms with E-state index >= 15 is 0 Å². The van der Waals surface area contributed by atoms with Gasteiger partial charge in [0.05, 0.1) is 17.9 Å². The van der Waals surface area contributed by atoms with Gasteiger partial charge in [-0.1, -0.05) is 12.1 Å². The molecule has 2 atom stereocenters. The topological polar surface area (TPSA) is 24.5 Å². The van der Waals surface area contributed by atoms with E-state index in [1.165, 1.54) is 0 Å². The van der Waals surface area contributed by atoms with Crippen LogP contribution in [0.4, 0.5) is 10.1 Å². The van der Waals surface area contributed by atoms with Gasteiger partial charge in [0.25, 0.3) is 0 Å². The lowest BCUT2D eigenvalue weighted by atomic mass is 10.1. The van der Waals surface area contributed by atoms with Crippen molar-refractivity contribution in [1.29, 1.82) is 0 Å². The Balaban J connectivity index is 2.25. The van der Waals surface area contributed by atoms with E-state index in [9.17, 15) is 4.39 Å². The molecule has 0 aromatic heterocycles. The molecule has 1 N–H and O–H groups in total. The molecule has 0 bridgehead atoms. The van der Waals surface area contributed by atoms with Gasteiger partial charge in [-0.05, 0) is 46.2 Å². The molecule has 118 valence electrons. The molecular weight excluding hydrogens is 267 g/mol. The Morgan fingerprint density at radius 2 is 1.86 bits per heavy atom. The van der Waals surface area contributed by atoms with Gasteiger partial charge in [-0.25, -0.2) is 4.39 Å². The van der Waals surface area contributed by atoms with Crippen molar-refractivity contribution < 1.29 is 9.13 Å². The van der Waals surface area contributed by atoms with Crippen molar-refractivity contribution >= 4 is 5.69 Å². The van der Waals surface area contributed by atoms with Crippen LogP contribution < -0.4 is 10.2 Å². The quantitative estimate of drug-likeness (QED) is 0.925. The molecule has 0 aliphatic carbocycles. The van der Waals surface area contributed by atoms with Crippen LogP contribution in [0.2, 0.25) is 0 Å². The summed E-state index contributed by atoms with van der Waals surface area (Å²) in [5.74, 6) is -0.149. The van der Waals surface area contributed by atoms with Gasteiger partial charge >= 0.3 is 0 Å². The van der Waals surface area contributed by atoms with Crippen molar-refractivity contribution in [2.75, 3.05) is 18.0 Å². The van der Waals surface area contributed by atoms with Crippen molar-refractivity contribution in [3.05, 3.63) is 29.6 Å². The molecule has 1 aliphatic heterocycles. The summed E-state index contributed by atoms with van der Waals surface area (Å²) >= 11 is 0. The Morgan fingerprint density at radius 3 is 2.43 bits per heavy atom. The first-order valence-electron chi connectivity index (χ1n) is 7.69. The van der Waals surface area contributed by atoms with E-state index in [4.69, 9.17) is 4.74 Å². The average Bonchev–Trinajstić information content (AvgIpc) is 2.34. The number of para-hydroxylation sites is 1. The van der Waals surface area contributed by atoms with E-state index in [1.54, 1.807) is 12.1 Å². The Hall–Kier alpha value is -1.13. The first-order valence-corrected chi connectivity index (χ1v) is 7.69. The maximum Gasteiger partial charge on any atom is 0.146 e. The molecule has 0 radical (unpaired) electrons. The zero-order valence-corrected chi connectivity index (χ0v) is 13.7. The molecule has 4 heteroatoms. The molecule has 21 heavy (non-hydrogen) atoms. The van der Waals surface area contributed by atoms with Gasteiger partial charge in [-0.2, -0.15) is 0 Å². The number of halogens is 1. The highest BCUT2D eigenvalue weighted by atomic mass is 19.1. The van der Waals surface area contributed by atoms with Gasteiger partial charge in [0.1, 0.15) is 5.82 Å². The molecular formula is C17H27FN2O. The molecule has 1 aliphatic rings. The van der Waals surface area contributed by atoms with Crippen LogP contribution in [0.3, 0.4) is 0 Å². The Morgan fingerprint density at radius 1 is 1.24 bits per heavy atom. The number of anilines is 1. The molecule has 1 aromatic carbocycles. The van der Waals surface area contributed by atoms with E-state index < -0.39 is 0 Å². The second-order valence-electron chi connectivity index (χ2n) is 7.01. The number of morpholine rings is 1. The average molecular weight is 294 g/mol. The fourth-order valence-electron chi connectivity index (χ4n) is 2.78. The van der Waals surface area contributed by atoms with Crippen LogP contribution in [-0.4, -0.2) is 30.8 Å². The van der Waals surface area contributed by atoms with Crippen LogP contribution in [-0.2, 0) is 11.3 Å². The minimum absolute atomic E-state index is 0.00911. The predicted molar refractivity (Wildman–Crippen MR) is 85.2 cm³/mol. The summed E-state index contributed by atoms with van der Waals surface area (Å²) in [4.78, 5) is 2.12. The Kier molecular flexibility index (Phi) is 4.89. The Labute approximate surface area is 127 Å². The van der Waals surface area contributed by atoms with Gasteiger partial charge in [-0.15, -0.1) is 0 Å². The fourth-order valence-corrected chi connectivity index (χ4v) is 2.78. The number of ether oxygens (including phenoxy) is 1. The molecule has 1 fully saturated rings. The maximum atomic E-state index is 14.4. The van der Waals surface area contributed by atoms with E-state index in [2.05, 4.69) is 31.0 Å². The largest absolute Gasteiger partial charge is 0.372 e. The molecule has 2 rings (SSSR count). The van der Waals surface area contributed by atoms with Crippen molar-refractivity contribution in [3.63, 3.8) is 0 Å². The highest BCUT2D eigenvalue weighted by molar-refractivity contribution is 5.55. The molecule has 0 saturated carbocycles. The lowest BCUT2D eigenvalue weighted by Gasteiger charge is -2.38. The molecule has 3 nitrogen and oxygen atoms in total. The maximum absolute atomic E-state index is 14.4. The van der Waals surface area contributed by atoms with Gasteiger partial charge < -0.3 is 15.0 Å². The third-order valence-corrected chi connectivity index (χ3v) is 3.62. The van der Waals surface area contributed by atoms with Crippen molar-refractivity contribution in [3.8, 4) is 0 Å². The normalized spacial score (nSPS) is 23.4. The third kappa shape index (κ3) is 4.42. The van der Waals surface area contributed by atoms with Crippen molar-refractivity contribution in [2.24, 2.45) is 0 Å². The van der Waals surface area contributed by atoms with Gasteiger partial charge in [0.15, 0.2) is 0 Å². The summed E-state index contributed by atoms with van der Waals surface area (Å²) in [5.41, 5.74) is 1.73. The SMILES string of the molecule is CC1CN(c2c(F)cccc2CNC(C)(C)C)CC(C)O1. The van der Waals surface area contributed by atoms with Crippen LogP contribution in [0, 0.1) is 5.82 Å². The summed E-state index contributed by atoms with van der Waals surface area (Å²) in [7, 11) is 0. The lowest BCUT2D eigenvalue weighted by Crippen LogP contribution is -2.46. The summed E-state index contributed by atoms with van der Waals surface area (Å²) in [5, 5.41) is 3.44. The number of nitrogens with one attached hydrogen (secondary N) is 1. The fraction of sp³-hybridized carbons (Fsp3) is 0.647. The zero-order chi connectivity index (χ0) is 15.6. The minimum atomic E-state index is -0.149. The highest BCUT2D eigenvalue weighted by Crippen LogP contribution is 2.28. The number of rotatable bonds is 3. The third-order valence-electron chi connectivity index (χ3n) is 3.62. The molecule has 1 aromatic rings. The molecule has 2 unspecified atom stereocenters. The van der Waals surface area contributed by atoms with Crippen molar-refractivity contribution in [2.45, 2.75) is 58.9 Å². The van der Waals surface area contributed by atoms with Crippen molar-refractivity contribution in [1.82, 2.24) is 5.32 Å². The van der Waals surface area contributed by atoms with E-state index in [-0.39, 0.29) is 23.6 Å². The summed E-state index contributed by atoms with van der Waals surface area (Å²) in [6, 6.07) is 5.33. The van der Waals surface area contributed by atoms with E-state index in [0.717, 1.165) is 24.3 Å². The number of hydrogen-bond donors (Lipinski definition) is 1. The standard InChI is InChI=1S/C17H27FN2O/c1-12-10-20(11-13(2)21-12)16-14(7-6-8-15(16)18)9-19-17(3,4)5/h6-8,12-13,19H,9-11H2,1-5H3. The molecule has 1 heterocycles. The van der Waals surface area contributed by atoms with Crippen LogP contribution >= 0.6 is 0 Å². The highest BCUT2D eigenvalue weighted by Gasteiger charge is 2.26. The van der Waals surface area contributed by atoms with Gasteiger partial charge in [0.2, 0.25) is 0 Å². The van der Waals surface area contributed by atoms with Gasteiger partial charge in [0, 0.05) is 25.2 Å². The van der Waals surface area contributed by atoms with Crippen LogP contribution in [0.1, 0.15) is 40.2 Å². The first kappa shape index (κ1) is 16.2. The first-order chi connectivity index (χ1) is 9.76. The Bertz CT molecular complexity index is 474. The van der Waals surface area contributed by atoms with E-state index in [1.807, 2.05) is 19.9 Å². The number of benzene rings is 1. The minimum Gasteiger partial charge on any atom is -0.372 e. The number of nitrogens with zero attached hydrogens (tertiary/aromatic N) is 1.